The average molecular weight is 318 g/mol. The van der Waals surface area contributed by atoms with Gasteiger partial charge in [-0.2, -0.15) is 4.40 Å². The number of hydrogen-bond donors (Lipinski definition) is 0. The molecule has 1 rings (SSSR count). The maximum Gasteiger partial charge on any atom is 0.144 e. The van der Waals surface area contributed by atoms with Crippen molar-refractivity contribution in [1.29, 1.82) is 0 Å². The number of ether oxygens (including phenoxy) is 1. The monoisotopic (exact) mass is 317 g/mol. The van der Waals surface area contributed by atoms with Crippen molar-refractivity contribution >= 4 is 33.1 Å². The minimum atomic E-state index is -1.23. The molecule has 94 valence electrons. The van der Waals surface area contributed by atoms with Gasteiger partial charge in [-0.15, -0.1) is 0 Å². The zero-order valence-corrected chi connectivity index (χ0v) is 12.8. The van der Waals surface area contributed by atoms with Gasteiger partial charge in [0.25, 0.3) is 0 Å². The van der Waals surface area contributed by atoms with Gasteiger partial charge in [0.15, 0.2) is 0 Å². The molecule has 5 heteroatoms. The average Bonchev–Trinajstić information content (AvgIpc) is 2.26. The van der Waals surface area contributed by atoms with Gasteiger partial charge < -0.3 is 4.74 Å². The smallest absolute Gasteiger partial charge is 0.144 e. The Morgan fingerprint density at radius 1 is 1.41 bits per heavy atom. The van der Waals surface area contributed by atoms with E-state index in [9.17, 15) is 4.21 Å². The van der Waals surface area contributed by atoms with Gasteiger partial charge in [-0.3, -0.25) is 0 Å². The van der Waals surface area contributed by atoms with E-state index in [-0.39, 0.29) is 4.75 Å². The molecule has 0 radical (unpaired) electrons. The van der Waals surface area contributed by atoms with Crippen LogP contribution in [0.25, 0.3) is 0 Å². The second-order valence-electron chi connectivity index (χ2n) is 4.49. The molecule has 0 aliphatic heterocycles. The van der Waals surface area contributed by atoms with Gasteiger partial charge in [0.1, 0.15) is 16.7 Å². The normalized spacial score (nSPS) is 13.9. The molecule has 0 N–H and O–H groups in total. The van der Waals surface area contributed by atoms with Gasteiger partial charge in [0.2, 0.25) is 0 Å². The summed E-state index contributed by atoms with van der Waals surface area (Å²) in [6, 6.07) is 5.60. The second kappa shape index (κ2) is 5.78. The molecule has 3 nitrogen and oxygen atoms in total. The van der Waals surface area contributed by atoms with Crippen molar-refractivity contribution in [2.75, 3.05) is 7.11 Å². The third kappa shape index (κ3) is 4.24. The van der Waals surface area contributed by atoms with E-state index in [4.69, 9.17) is 4.74 Å². The largest absolute Gasteiger partial charge is 0.496 e. The van der Waals surface area contributed by atoms with Crippen LogP contribution in [0.5, 0.6) is 5.75 Å². The summed E-state index contributed by atoms with van der Waals surface area (Å²) in [7, 11) is 0.371. The van der Waals surface area contributed by atoms with Crippen molar-refractivity contribution in [1.82, 2.24) is 0 Å². The van der Waals surface area contributed by atoms with Crippen LogP contribution in [0.2, 0.25) is 0 Å². The van der Waals surface area contributed by atoms with Crippen LogP contribution in [0.15, 0.2) is 27.1 Å². The molecule has 1 aromatic rings. The summed E-state index contributed by atoms with van der Waals surface area (Å²) >= 11 is 3.37. The first-order valence-corrected chi connectivity index (χ1v) is 7.04. The molecule has 0 saturated heterocycles. The summed E-state index contributed by atoms with van der Waals surface area (Å²) in [5, 5.41) is 0. The van der Waals surface area contributed by atoms with Crippen LogP contribution in [0.4, 0.5) is 0 Å². The lowest BCUT2D eigenvalue weighted by molar-refractivity contribution is 0.412. The summed E-state index contributed by atoms with van der Waals surface area (Å²) in [6.45, 7) is 5.67. The maximum atomic E-state index is 11.7. The Bertz CT molecular complexity index is 452. The summed E-state index contributed by atoms with van der Waals surface area (Å²) in [4.78, 5) is 0. The maximum absolute atomic E-state index is 11.7. The first-order valence-electron chi connectivity index (χ1n) is 5.14. The van der Waals surface area contributed by atoms with Crippen LogP contribution < -0.4 is 4.74 Å². The lowest BCUT2D eigenvalue weighted by Gasteiger charge is -2.12. The molecule has 0 aliphatic carbocycles. The standard InChI is InChI=1S/C12H16BrNO2S/c1-12(2,3)17(15)14-8-9-5-6-10(13)11(7-9)16-4/h5-8H,1-4H3/b14-8+/t17-/m1/s1. The van der Waals surface area contributed by atoms with Gasteiger partial charge in [0.05, 0.1) is 16.3 Å². The van der Waals surface area contributed by atoms with Gasteiger partial charge in [-0.25, -0.2) is 4.21 Å². The Morgan fingerprint density at radius 3 is 2.59 bits per heavy atom. The molecular formula is C12H16BrNO2S. The Kier molecular flexibility index (Phi) is 4.89. The van der Waals surface area contributed by atoms with Crippen molar-refractivity contribution in [2.45, 2.75) is 25.5 Å². The molecule has 1 atom stereocenters. The van der Waals surface area contributed by atoms with Crippen LogP contribution in [0.1, 0.15) is 26.3 Å². The fourth-order valence-electron chi connectivity index (χ4n) is 1.02. The molecule has 1 aromatic carbocycles. The Balaban J connectivity index is 2.89. The summed E-state index contributed by atoms with van der Waals surface area (Å²) in [6.07, 6.45) is 1.61. The van der Waals surface area contributed by atoms with Crippen LogP contribution in [0, 0.1) is 0 Å². The quantitative estimate of drug-likeness (QED) is 0.802. The Morgan fingerprint density at radius 2 is 2.06 bits per heavy atom. The Labute approximate surface area is 113 Å². The molecule has 17 heavy (non-hydrogen) atoms. The number of benzene rings is 1. The highest BCUT2D eigenvalue weighted by Crippen LogP contribution is 2.25. The van der Waals surface area contributed by atoms with Crippen molar-refractivity contribution < 1.29 is 8.95 Å². The molecule has 0 aromatic heterocycles. The zero-order chi connectivity index (χ0) is 13.1. The van der Waals surface area contributed by atoms with E-state index in [0.29, 0.717) is 0 Å². The van der Waals surface area contributed by atoms with Crippen LogP contribution in [-0.2, 0) is 11.0 Å². The summed E-state index contributed by atoms with van der Waals surface area (Å²) in [5.41, 5.74) is 0.864. The molecule has 0 aliphatic rings. The number of hydrogen-bond acceptors (Lipinski definition) is 2. The molecule has 0 bridgehead atoms. The third-order valence-corrected chi connectivity index (χ3v) is 4.00. The second-order valence-corrected chi connectivity index (χ2v) is 7.28. The highest BCUT2D eigenvalue weighted by Gasteiger charge is 2.18. The van der Waals surface area contributed by atoms with E-state index in [1.807, 2.05) is 39.0 Å². The lowest BCUT2D eigenvalue weighted by Crippen LogP contribution is -2.19. The van der Waals surface area contributed by atoms with E-state index < -0.39 is 11.0 Å². The van der Waals surface area contributed by atoms with Crippen molar-refractivity contribution in [2.24, 2.45) is 4.40 Å². The number of halogens is 1. The first kappa shape index (κ1) is 14.4. The predicted octanol–water partition coefficient (Wildman–Crippen LogP) is 3.34. The SMILES string of the molecule is COc1cc(/C=N/[S@](=O)C(C)(C)C)ccc1Br. The van der Waals surface area contributed by atoms with Gasteiger partial charge in [0, 0.05) is 6.21 Å². The minimum absolute atomic E-state index is 0.337. The highest BCUT2D eigenvalue weighted by atomic mass is 79.9. The zero-order valence-electron chi connectivity index (χ0n) is 10.4. The molecule has 0 spiro atoms. The predicted molar refractivity (Wildman–Crippen MR) is 76.2 cm³/mol. The minimum Gasteiger partial charge on any atom is -0.496 e. The van der Waals surface area contributed by atoms with Gasteiger partial charge >= 0.3 is 0 Å². The Hall–Kier alpha value is -0.680. The van der Waals surface area contributed by atoms with Gasteiger partial charge in [-0.1, -0.05) is 6.07 Å². The van der Waals surface area contributed by atoms with Crippen LogP contribution >= 0.6 is 15.9 Å². The number of nitrogens with zero attached hydrogens (tertiary/aromatic N) is 1. The van der Waals surface area contributed by atoms with E-state index in [1.54, 1.807) is 13.3 Å². The third-order valence-electron chi connectivity index (χ3n) is 2.00. The van der Waals surface area contributed by atoms with Crippen molar-refractivity contribution in [3.63, 3.8) is 0 Å². The molecule has 0 amide bonds. The van der Waals surface area contributed by atoms with Crippen LogP contribution in [0.3, 0.4) is 0 Å². The van der Waals surface area contributed by atoms with E-state index in [1.165, 1.54) is 0 Å². The molecule has 0 unspecified atom stereocenters. The summed E-state index contributed by atoms with van der Waals surface area (Å²) in [5.74, 6) is 0.732. The van der Waals surface area contributed by atoms with E-state index >= 15 is 0 Å². The molecule has 0 fully saturated rings. The molecular weight excluding hydrogens is 302 g/mol. The van der Waals surface area contributed by atoms with Gasteiger partial charge in [-0.05, 0) is 54.4 Å². The lowest BCUT2D eigenvalue weighted by atomic mass is 10.2. The topological polar surface area (TPSA) is 38.7 Å². The van der Waals surface area contributed by atoms with Crippen LogP contribution in [-0.4, -0.2) is 22.3 Å². The number of methoxy groups -OCH3 is 1. The van der Waals surface area contributed by atoms with Crippen molar-refractivity contribution in [3.05, 3.63) is 28.2 Å². The van der Waals surface area contributed by atoms with E-state index in [2.05, 4.69) is 20.3 Å². The highest BCUT2D eigenvalue weighted by molar-refractivity contribution is 9.10. The van der Waals surface area contributed by atoms with Crippen molar-refractivity contribution in [3.8, 4) is 5.75 Å². The number of rotatable bonds is 3. The fourth-order valence-corrected chi connectivity index (χ4v) is 1.97. The molecule has 0 heterocycles. The fraction of sp³-hybridized carbons (Fsp3) is 0.417. The van der Waals surface area contributed by atoms with E-state index in [0.717, 1.165) is 15.8 Å². The summed E-state index contributed by atoms with van der Waals surface area (Å²) < 4.78 is 21.5. The molecule has 0 saturated carbocycles. The first-order chi connectivity index (χ1) is 7.84.